The van der Waals surface area contributed by atoms with Gasteiger partial charge in [0, 0.05) is 18.8 Å². The summed E-state index contributed by atoms with van der Waals surface area (Å²) in [6, 6.07) is -0.0847. The fraction of sp³-hybridized carbons (Fsp3) is 0.722. The van der Waals surface area contributed by atoms with E-state index in [-0.39, 0.29) is 24.3 Å². The third-order valence-corrected chi connectivity index (χ3v) is 5.28. The summed E-state index contributed by atoms with van der Waals surface area (Å²) in [5.74, 6) is 0.509. The third kappa shape index (κ3) is 4.74. The van der Waals surface area contributed by atoms with E-state index in [1.165, 1.54) is 12.8 Å². The van der Waals surface area contributed by atoms with Gasteiger partial charge in [-0.1, -0.05) is 20.3 Å². The van der Waals surface area contributed by atoms with Crippen LogP contribution in [0.15, 0.2) is 15.8 Å². The second-order valence-electron chi connectivity index (χ2n) is 8.24. The second kappa shape index (κ2) is 7.06. The van der Waals surface area contributed by atoms with Crippen molar-refractivity contribution in [1.82, 2.24) is 20.2 Å². The second-order valence-corrected chi connectivity index (χ2v) is 8.24. The highest BCUT2D eigenvalue weighted by atomic mass is 16.2. The lowest BCUT2D eigenvalue weighted by Gasteiger charge is -2.35. The van der Waals surface area contributed by atoms with Gasteiger partial charge in [0.2, 0.25) is 0 Å². The Balaban J connectivity index is 1.50. The first kappa shape index (κ1) is 17.8. The molecule has 2 aliphatic rings. The molecule has 0 spiro atoms. The molecule has 1 aromatic heterocycles. The van der Waals surface area contributed by atoms with Crippen LogP contribution in [0.5, 0.6) is 0 Å². The summed E-state index contributed by atoms with van der Waals surface area (Å²) in [7, 11) is 0. The molecule has 3 rings (SSSR count). The summed E-state index contributed by atoms with van der Waals surface area (Å²) in [6.07, 6.45) is 8.21. The zero-order chi connectivity index (χ0) is 18.0. The monoisotopic (exact) mass is 348 g/mol. The highest BCUT2D eigenvalue weighted by Crippen LogP contribution is 2.38. The highest BCUT2D eigenvalue weighted by Gasteiger charge is 2.28. The molecule has 0 radical (unpaired) electrons. The van der Waals surface area contributed by atoms with Crippen LogP contribution >= 0.6 is 0 Å². The van der Waals surface area contributed by atoms with Crippen molar-refractivity contribution in [2.45, 2.75) is 65.0 Å². The van der Waals surface area contributed by atoms with Crippen LogP contribution in [-0.2, 0) is 6.54 Å². The molecule has 1 heterocycles. The summed E-state index contributed by atoms with van der Waals surface area (Å²) in [5.41, 5.74) is -0.0532. The van der Waals surface area contributed by atoms with Gasteiger partial charge >= 0.3 is 11.7 Å². The molecule has 2 aliphatic carbocycles. The van der Waals surface area contributed by atoms with Gasteiger partial charge in [-0.05, 0) is 43.4 Å². The van der Waals surface area contributed by atoms with Crippen LogP contribution in [0.1, 0.15) is 64.0 Å². The van der Waals surface area contributed by atoms with Crippen molar-refractivity contribution in [2.24, 2.45) is 11.3 Å². The van der Waals surface area contributed by atoms with E-state index in [4.69, 9.17) is 0 Å². The van der Waals surface area contributed by atoms with E-state index in [0.29, 0.717) is 23.4 Å². The first-order chi connectivity index (χ1) is 11.8. The summed E-state index contributed by atoms with van der Waals surface area (Å²) in [5, 5.41) is 5.63. The van der Waals surface area contributed by atoms with Gasteiger partial charge in [0.25, 0.3) is 5.56 Å². The number of hydrogen-bond donors (Lipinski definition) is 3. The van der Waals surface area contributed by atoms with Crippen molar-refractivity contribution in [3.8, 4) is 0 Å². The molecule has 138 valence electrons. The molecule has 3 N–H and O–H groups in total. The first-order valence-electron chi connectivity index (χ1n) is 9.20. The predicted molar refractivity (Wildman–Crippen MR) is 95.6 cm³/mol. The molecule has 2 saturated carbocycles. The van der Waals surface area contributed by atoms with E-state index >= 15 is 0 Å². The number of nitrogens with zero attached hydrogens (tertiary/aromatic N) is 1. The standard InChI is InChI=1S/C18H28N4O3/c1-18(2)7-3-4-12(8-18)9-19-16(24)20-10-13-11-22(14-5-6-14)17(25)21-15(13)23/h11-12,14H,3-10H2,1-2H3,(H2,19,20,24)(H,21,23,25). The maximum absolute atomic E-state index is 12.0. The number of aromatic amines is 1. The fourth-order valence-electron chi connectivity index (χ4n) is 3.78. The highest BCUT2D eigenvalue weighted by molar-refractivity contribution is 5.73. The topological polar surface area (TPSA) is 96.0 Å². The van der Waals surface area contributed by atoms with Gasteiger partial charge in [-0.2, -0.15) is 0 Å². The molecule has 2 amide bonds. The molecule has 0 saturated heterocycles. The Morgan fingerprint density at radius 1 is 1.28 bits per heavy atom. The number of urea groups is 1. The Kier molecular flexibility index (Phi) is 5.01. The number of carbonyl (C=O) groups excluding carboxylic acids is 1. The lowest BCUT2D eigenvalue weighted by molar-refractivity contribution is 0.176. The lowest BCUT2D eigenvalue weighted by atomic mass is 9.72. The minimum absolute atomic E-state index is 0.115. The molecule has 7 nitrogen and oxygen atoms in total. The van der Waals surface area contributed by atoms with Gasteiger partial charge in [-0.3, -0.25) is 14.3 Å². The van der Waals surface area contributed by atoms with Gasteiger partial charge in [0.15, 0.2) is 0 Å². The van der Waals surface area contributed by atoms with Crippen molar-refractivity contribution < 1.29 is 4.79 Å². The van der Waals surface area contributed by atoms with Crippen LogP contribution in [0.4, 0.5) is 4.79 Å². The maximum atomic E-state index is 12.0. The minimum Gasteiger partial charge on any atom is -0.338 e. The van der Waals surface area contributed by atoms with E-state index in [0.717, 1.165) is 25.7 Å². The number of nitrogens with one attached hydrogen (secondary N) is 3. The Morgan fingerprint density at radius 3 is 2.72 bits per heavy atom. The number of H-pyrrole nitrogens is 1. The predicted octanol–water partition coefficient (Wildman–Crippen LogP) is 1.89. The largest absolute Gasteiger partial charge is 0.338 e. The number of hydrogen-bond acceptors (Lipinski definition) is 3. The van der Waals surface area contributed by atoms with Crippen LogP contribution in [0, 0.1) is 11.3 Å². The fourth-order valence-corrected chi connectivity index (χ4v) is 3.78. The van der Waals surface area contributed by atoms with Crippen LogP contribution in [0.25, 0.3) is 0 Å². The Hall–Kier alpha value is -2.05. The maximum Gasteiger partial charge on any atom is 0.328 e. The third-order valence-electron chi connectivity index (χ3n) is 5.28. The van der Waals surface area contributed by atoms with Gasteiger partial charge in [-0.15, -0.1) is 0 Å². The Bertz CT molecular complexity index is 745. The zero-order valence-electron chi connectivity index (χ0n) is 15.1. The average Bonchev–Trinajstić information content (AvgIpc) is 3.36. The summed E-state index contributed by atoms with van der Waals surface area (Å²) in [6.45, 7) is 5.33. The zero-order valence-corrected chi connectivity index (χ0v) is 15.1. The molecular formula is C18H28N4O3. The van der Waals surface area contributed by atoms with Crippen LogP contribution in [-0.4, -0.2) is 22.1 Å². The normalized spacial score (nSPS) is 22.4. The van der Waals surface area contributed by atoms with E-state index < -0.39 is 5.56 Å². The summed E-state index contributed by atoms with van der Waals surface area (Å²) >= 11 is 0. The summed E-state index contributed by atoms with van der Waals surface area (Å²) < 4.78 is 1.56. The lowest BCUT2D eigenvalue weighted by Crippen LogP contribution is -2.41. The van der Waals surface area contributed by atoms with Crippen LogP contribution < -0.4 is 21.9 Å². The molecule has 1 atom stereocenters. The van der Waals surface area contributed by atoms with Gasteiger partial charge in [-0.25, -0.2) is 9.59 Å². The average molecular weight is 348 g/mol. The van der Waals surface area contributed by atoms with Crippen molar-refractivity contribution in [3.63, 3.8) is 0 Å². The van der Waals surface area contributed by atoms with Crippen molar-refractivity contribution in [2.75, 3.05) is 6.54 Å². The molecule has 0 aliphatic heterocycles. The molecule has 0 bridgehead atoms. The molecule has 1 aromatic rings. The number of carbonyl (C=O) groups is 1. The first-order valence-corrected chi connectivity index (χ1v) is 9.20. The van der Waals surface area contributed by atoms with Gasteiger partial charge in [0.05, 0.1) is 12.1 Å². The van der Waals surface area contributed by atoms with Gasteiger partial charge < -0.3 is 10.6 Å². The summed E-state index contributed by atoms with van der Waals surface area (Å²) in [4.78, 5) is 38.0. The number of rotatable bonds is 5. The van der Waals surface area contributed by atoms with E-state index in [1.807, 2.05) is 0 Å². The Morgan fingerprint density at radius 2 is 2.04 bits per heavy atom. The molecule has 2 fully saturated rings. The number of aromatic nitrogens is 2. The molecule has 1 unspecified atom stereocenters. The minimum atomic E-state index is -0.434. The van der Waals surface area contributed by atoms with Gasteiger partial charge in [0.1, 0.15) is 0 Å². The SMILES string of the molecule is CC1(C)CCCC(CNC(=O)NCc2cn(C3CC3)c(=O)[nH]c2=O)C1. The molecular weight excluding hydrogens is 320 g/mol. The van der Waals surface area contributed by atoms with Crippen LogP contribution in [0.3, 0.4) is 0 Å². The molecule has 7 heteroatoms. The number of amides is 2. The molecule has 0 aromatic carbocycles. The van der Waals surface area contributed by atoms with Crippen molar-refractivity contribution >= 4 is 6.03 Å². The molecule has 25 heavy (non-hydrogen) atoms. The smallest absolute Gasteiger partial charge is 0.328 e. The van der Waals surface area contributed by atoms with E-state index in [9.17, 15) is 14.4 Å². The Labute approximate surface area is 147 Å². The quantitative estimate of drug-likeness (QED) is 0.758. The van der Waals surface area contributed by atoms with E-state index in [2.05, 4.69) is 29.5 Å². The van der Waals surface area contributed by atoms with E-state index in [1.54, 1.807) is 10.8 Å². The van der Waals surface area contributed by atoms with Crippen molar-refractivity contribution in [3.05, 3.63) is 32.6 Å². The van der Waals surface area contributed by atoms with Crippen LogP contribution in [0.2, 0.25) is 0 Å². The van der Waals surface area contributed by atoms with Crippen molar-refractivity contribution in [1.29, 1.82) is 0 Å².